The fraction of sp³-hybridized carbons (Fsp3) is 0.286. The van der Waals surface area contributed by atoms with E-state index < -0.39 is 12.1 Å². The molecule has 92 valence electrons. The molecule has 4 nitrogen and oxygen atoms in total. The Morgan fingerprint density at radius 1 is 1.50 bits per heavy atom. The Morgan fingerprint density at radius 2 is 2.22 bits per heavy atom. The highest BCUT2D eigenvalue weighted by atomic mass is 16.2. The van der Waals surface area contributed by atoms with Crippen LogP contribution in [0.2, 0.25) is 0 Å². The van der Waals surface area contributed by atoms with Crippen LogP contribution in [0.1, 0.15) is 5.56 Å². The first-order chi connectivity index (χ1) is 8.72. The monoisotopic (exact) mass is 241 g/mol. The first-order valence-corrected chi connectivity index (χ1v) is 5.88. The van der Waals surface area contributed by atoms with Gasteiger partial charge in [-0.25, -0.2) is 0 Å². The molecule has 0 saturated heterocycles. The second-order valence-corrected chi connectivity index (χ2v) is 4.29. The molecule has 0 radical (unpaired) electrons. The van der Waals surface area contributed by atoms with Crippen LogP contribution < -0.4 is 5.73 Å². The van der Waals surface area contributed by atoms with Gasteiger partial charge in [-0.3, -0.25) is 4.79 Å². The number of hydrogen-bond acceptors (Lipinski definition) is 3. The van der Waals surface area contributed by atoms with Gasteiger partial charge in [0.25, 0.3) is 0 Å². The minimum absolute atomic E-state index is 0.171. The van der Waals surface area contributed by atoms with Crippen LogP contribution in [0.4, 0.5) is 0 Å². The number of rotatable bonds is 3. The maximum absolute atomic E-state index is 12.1. The van der Waals surface area contributed by atoms with Gasteiger partial charge in [-0.1, -0.05) is 36.4 Å². The molecule has 0 saturated carbocycles. The lowest BCUT2D eigenvalue weighted by Crippen LogP contribution is -2.46. The molecule has 0 aromatic heterocycles. The molecule has 2 unspecified atom stereocenters. The molecule has 1 aliphatic rings. The van der Waals surface area contributed by atoms with E-state index in [1.54, 1.807) is 6.08 Å². The van der Waals surface area contributed by atoms with Gasteiger partial charge in [-0.05, 0) is 18.1 Å². The topological polar surface area (TPSA) is 70.1 Å². The third kappa shape index (κ3) is 2.58. The summed E-state index contributed by atoms with van der Waals surface area (Å²) in [5.74, 6) is -0.171. The number of carbonyl (C=O) groups excluding carboxylic acids is 1. The van der Waals surface area contributed by atoms with Gasteiger partial charge in [-0.2, -0.15) is 5.26 Å². The van der Waals surface area contributed by atoms with Gasteiger partial charge in [0.1, 0.15) is 6.04 Å². The van der Waals surface area contributed by atoms with E-state index in [0.717, 1.165) is 5.56 Å². The van der Waals surface area contributed by atoms with E-state index in [-0.39, 0.29) is 5.91 Å². The van der Waals surface area contributed by atoms with Crippen molar-refractivity contribution >= 4 is 5.91 Å². The van der Waals surface area contributed by atoms with Crippen LogP contribution in [0.15, 0.2) is 42.5 Å². The van der Waals surface area contributed by atoms with E-state index in [4.69, 9.17) is 11.0 Å². The van der Waals surface area contributed by atoms with Crippen LogP contribution >= 0.6 is 0 Å². The summed E-state index contributed by atoms with van der Waals surface area (Å²) in [4.78, 5) is 13.6. The average molecular weight is 241 g/mol. The number of carbonyl (C=O) groups is 1. The zero-order valence-corrected chi connectivity index (χ0v) is 9.99. The van der Waals surface area contributed by atoms with Gasteiger partial charge >= 0.3 is 0 Å². The standard InChI is InChI=1S/C14H15N3O/c15-10-12-7-4-8-17(12)14(18)13(16)9-11-5-2-1-3-6-11/h1-7,12-13H,8-9,16H2. The number of nitriles is 1. The minimum Gasteiger partial charge on any atom is -0.320 e. The van der Waals surface area contributed by atoms with Crippen LogP contribution in [0.5, 0.6) is 0 Å². The molecule has 1 aromatic rings. The molecular weight excluding hydrogens is 226 g/mol. The summed E-state index contributed by atoms with van der Waals surface area (Å²) in [6.07, 6.45) is 4.04. The predicted octanol–water partition coefficient (Wildman–Crippen LogP) is 0.847. The molecule has 0 bridgehead atoms. The smallest absolute Gasteiger partial charge is 0.241 e. The second-order valence-electron chi connectivity index (χ2n) is 4.29. The molecule has 4 heteroatoms. The first-order valence-electron chi connectivity index (χ1n) is 5.88. The van der Waals surface area contributed by atoms with Crippen molar-refractivity contribution in [1.82, 2.24) is 4.90 Å². The fourth-order valence-corrected chi connectivity index (χ4v) is 2.03. The van der Waals surface area contributed by atoms with E-state index in [1.807, 2.05) is 36.4 Å². The SMILES string of the molecule is N#CC1C=CCN1C(=O)C(N)Cc1ccccc1. The molecule has 2 atom stereocenters. The molecule has 1 aromatic carbocycles. The largest absolute Gasteiger partial charge is 0.320 e. The van der Waals surface area contributed by atoms with Crippen molar-refractivity contribution in [2.75, 3.05) is 6.54 Å². The summed E-state index contributed by atoms with van der Waals surface area (Å²) in [6.45, 7) is 0.472. The van der Waals surface area contributed by atoms with E-state index in [1.165, 1.54) is 4.90 Å². The van der Waals surface area contributed by atoms with Crippen molar-refractivity contribution in [2.24, 2.45) is 5.73 Å². The molecule has 1 aliphatic heterocycles. The van der Waals surface area contributed by atoms with Crippen LogP contribution in [-0.2, 0) is 11.2 Å². The minimum atomic E-state index is -0.594. The quantitative estimate of drug-likeness (QED) is 0.797. The molecule has 0 aliphatic carbocycles. The van der Waals surface area contributed by atoms with Crippen LogP contribution in [-0.4, -0.2) is 29.4 Å². The van der Waals surface area contributed by atoms with Gasteiger partial charge < -0.3 is 10.6 Å². The van der Waals surface area contributed by atoms with Crippen molar-refractivity contribution in [3.63, 3.8) is 0 Å². The highest BCUT2D eigenvalue weighted by Crippen LogP contribution is 2.12. The lowest BCUT2D eigenvalue weighted by atomic mass is 10.1. The molecule has 1 heterocycles. The van der Waals surface area contributed by atoms with Gasteiger partial charge in [-0.15, -0.1) is 0 Å². The third-order valence-corrected chi connectivity index (χ3v) is 2.99. The molecule has 1 amide bonds. The van der Waals surface area contributed by atoms with Crippen molar-refractivity contribution in [2.45, 2.75) is 18.5 Å². The molecular formula is C14H15N3O. The Labute approximate surface area is 106 Å². The first kappa shape index (κ1) is 12.3. The average Bonchev–Trinajstić information content (AvgIpc) is 2.87. The fourth-order valence-electron chi connectivity index (χ4n) is 2.03. The Balaban J connectivity index is 2.00. The maximum atomic E-state index is 12.1. The number of nitrogens with zero attached hydrogens (tertiary/aromatic N) is 2. The predicted molar refractivity (Wildman–Crippen MR) is 68.4 cm³/mol. The summed E-state index contributed by atoms with van der Waals surface area (Å²) in [6, 6.07) is 10.7. The van der Waals surface area contributed by atoms with Gasteiger partial charge in [0.05, 0.1) is 12.1 Å². The highest BCUT2D eigenvalue weighted by Gasteiger charge is 2.28. The summed E-state index contributed by atoms with van der Waals surface area (Å²) >= 11 is 0. The van der Waals surface area contributed by atoms with E-state index in [0.29, 0.717) is 13.0 Å². The van der Waals surface area contributed by atoms with Gasteiger partial charge in [0, 0.05) is 6.54 Å². The summed E-state index contributed by atoms with van der Waals surface area (Å²) in [5, 5.41) is 8.92. The van der Waals surface area contributed by atoms with Crippen molar-refractivity contribution in [3.05, 3.63) is 48.0 Å². The Hall–Kier alpha value is -2.12. The van der Waals surface area contributed by atoms with Crippen LogP contribution in [0.25, 0.3) is 0 Å². The third-order valence-electron chi connectivity index (χ3n) is 2.99. The molecule has 2 N–H and O–H groups in total. The lowest BCUT2D eigenvalue weighted by Gasteiger charge is -2.23. The van der Waals surface area contributed by atoms with Crippen molar-refractivity contribution in [3.8, 4) is 6.07 Å². The lowest BCUT2D eigenvalue weighted by molar-refractivity contribution is -0.132. The number of amides is 1. The summed E-state index contributed by atoms with van der Waals surface area (Å²) < 4.78 is 0. The molecule has 0 spiro atoms. The zero-order valence-electron chi connectivity index (χ0n) is 9.99. The summed E-state index contributed by atoms with van der Waals surface area (Å²) in [7, 11) is 0. The summed E-state index contributed by atoms with van der Waals surface area (Å²) in [5.41, 5.74) is 6.94. The van der Waals surface area contributed by atoms with Crippen molar-refractivity contribution < 1.29 is 4.79 Å². The van der Waals surface area contributed by atoms with E-state index >= 15 is 0 Å². The van der Waals surface area contributed by atoms with Gasteiger partial charge in [0.2, 0.25) is 5.91 Å². The molecule has 0 fully saturated rings. The van der Waals surface area contributed by atoms with Crippen molar-refractivity contribution in [1.29, 1.82) is 5.26 Å². The Kier molecular flexibility index (Phi) is 3.75. The molecule has 2 rings (SSSR count). The van der Waals surface area contributed by atoms with Gasteiger partial charge in [0.15, 0.2) is 0 Å². The van der Waals surface area contributed by atoms with E-state index in [2.05, 4.69) is 6.07 Å². The number of hydrogen-bond donors (Lipinski definition) is 1. The number of nitrogens with two attached hydrogens (primary N) is 1. The Morgan fingerprint density at radius 3 is 2.89 bits per heavy atom. The van der Waals surface area contributed by atoms with Crippen LogP contribution in [0.3, 0.4) is 0 Å². The molecule has 18 heavy (non-hydrogen) atoms. The Bertz CT molecular complexity index is 490. The van der Waals surface area contributed by atoms with Crippen LogP contribution in [0, 0.1) is 11.3 Å². The van der Waals surface area contributed by atoms with E-state index in [9.17, 15) is 4.79 Å². The number of benzene rings is 1. The highest BCUT2D eigenvalue weighted by molar-refractivity contribution is 5.83. The second kappa shape index (κ2) is 5.48. The normalized spacial score (nSPS) is 19.6. The maximum Gasteiger partial charge on any atom is 0.241 e. The zero-order chi connectivity index (χ0) is 13.0.